The summed E-state index contributed by atoms with van der Waals surface area (Å²) in [6, 6.07) is 10.2. The number of carbonyl (C=O) groups is 4. The number of nitrogens with one attached hydrogen (secondary N) is 2. The monoisotopic (exact) mass is 718 g/mol. The number of thiazole rings is 1. The first-order valence-electron chi connectivity index (χ1n) is 15.1. The zero-order valence-corrected chi connectivity index (χ0v) is 28.3. The number of nitrogen functional groups attached to an aromatic ring is 2. The van der Waals surface area contributed by atoms with E-state index in [0.29, 0.717) is 17.7 Å². The number of aliphatic carboxylic acids is 2. The highest BCUT2D eigenvalue weighted by Crippen LogP contribution is 2.40. The number of nitrogens with two attached hydrogens (primary N) is 2. The van der Waals surface area contributed by atoms with Crippen LogP contribution in [0.15, 0.2) is 76.8 Å². The van der Waals surface area contributed by atoms with E-state index in [0.717, 1.165) is 27.8 Å². The second kappa shape index (κ2) is 13.3. The van der Waals surface area contributed by atoms with Crippen molar-refractivity contribution in [3.63, 3.8) is 0 Å². The van der Waals surface area contributed by atoms with Crippen LogP contribution < -0.4 is 21.4 Å². The molecule has 2 aliphatic rings. The maximum atomic E-state index is 13.4. The first kappa shape index (κ1) is 34.1. The summed E-state index contributed by atoms with van der Waals surface area (Å²) in [6.45, 7) is 3.26. The Morgan fingerprint density at radius 2 is 1.94 bits per heavy atom. The minimum atomic E-state index is -1.78. The van der Waals surface area contributed by atoms with Gasteiger partial charge in [-0.05, 0) is 25.5 Å². The summed E-state index contributed by atoms with van der Waals surface area (Å²) >= 11 is 2.33. The predicted molar refractivity (Wildman–Crippen MR) is 184 cm³/mol. The summed E-state index contributed by atoms with van der Waals surface area (Å²) in [6.07, 6.45) is 5.73. The number of benzene rings is 1. The summed E-state index contributed by atoms with van der Waals surface area (Å²) in [7, 11) is 0. The van der Waals surface area contributed by atoms with E-state index in [1.165, 1.54) is 35.9 Å². The topological polar surface area (TPSA) is 243 Å². The normalized spacial score (nSPS) is 17.7. The summed E-state index contributed by atoms with van der Waals surface area (Å²) < 4.78 is 3.92. The Balaban J connectivity index is 1.20. The van der Waals surface area contributed by atoms with Crippen LogP contribution in [0.4, 0.5) is 5.13 Å². The molecule has 0 spiro atoms. The average Bonchev–Trinajstić information content (AvgIpc) is 3.68. The van der Waals surface area contributed by atoms with Gasteiger partial charge in [0.15, 0.2) is 29.8 Å². The molecule has 0 unspecified atom stereocenters. The van der Waals surface area contributed by atoms with Gasteiger partial charge in [-0.1, -0.05) is 29.4 Å². The van der Waals surface area contributed by atoms with Gasteiger partial charge in [0.2, 0.25) is 5.60 Å². The van der Waals surface area contributed by atoms with Crippen molar-refractivity contribution in [2.75, 3.05) is 11.5 Å². The minimum absolute atomic E-state index is 0.00284. The van der Waals surface area contributed by atoms with Gasteiger partial charge in [0.1, 0.15) is 34.2 Å². The second-order valence-corrected chi connectivity index (χ2v) is 14.0. The first-order chi connectivity index (χ1) is 23.7. The number of anilines is 1. The zero-order valence-electron chi connectivity index (χ0n) is 26.7. The number of fused-ring (bicyclic) bond motifs is 2. The molecular formula is C32H32N9O7S2+. The Morgan fingerprint density at radius 1 is 1.20 bits per heavy atom. The molecule has 4 aromatic rings. The molecule has 50 heavy (non-hydrogen) atoms. The molecule has 258 valence electrons. The lowest BCUT2D eigenvalue weighted by Crippen LogP contribution is -2.71. The molecule has 16 nitrogen and oxygen atoms in total. The fourth-order valence-corrected chi connectivity index (χ4v) is 7.31. The molecule has 18 heteroatoms. The highest BCUT2D eigenvalue weighted by molar-refractivity contribution is 8.00. The van der Waals surface area contributed by atoms with Crippen molar-refractivity contribution in [2.24, 2.45) is 10.9 Å². The van der Waals surface area contributed by atoms with E-state index in [4.69, 9.17) is 21.7 Å². The van der Waals surface area contributed by atoms with E-state index < -0.39 is 46.5 Å². The lowest BCUT2D eigenvalue weighted by Gasteiger charge is -2.49. The number of carboxylic acids is 2. The molecule has 3 aromatic heterocycles. The number of nitrogens with zero attached hydrogens (tertiary/aromatic N) is 5. The van der Waals surface area contributed by atoms with Crippen molar-refractivity contribution in [1.29, 1.82) is 5.41 Å². The average molecular weight is 719 g/mol. The molecule has 1 aromatic carbocycles. The van der Waals surface area contributed by atoms with Gasteiger partial charge in [-0.3, -0.25) is 19.9 Å². The third-order valence-electron chi connectivity index (χ3n) is 8.16. The molecule has 2 aliphatic heterocycles. The highest BCUT2D eigenvalue weighted by atomic mass is 32.2. The number of β-lactam (4-membered cyclic amide) rings is 1. The first-order valence-corrected chi connectivity index (χ1v) is 17.0. The summed E-state index contributed by atoms with van der Waals surface area (Å²) in [5, 5.41) is 35.4. The number of rotatable bonds is 12. The number of hydrogen-bond acceptors (Lipinski definition) is 11. The third-order valence-corrected chi connectivity index (χ3v) is 10.2. The zero-order chi connectivity index (χ0) is 35.9. The fraction of sp³-hybridized carbons (Fsp3) is 0.250. The van der Waals surface area contributed by atoms with Gasteiger partial charge in [0.05, 0.1) is 0 Å². The number of pyridine rings is 1. The number of aromatic nitrogens is 3. The minimum Gasteiger partial charge on any atom is -0.478 e. The van der Waals surface area contributed by atoms with Crippen molar-refractivity contribution in [3.05, 3.63) is 88.5 Å². The van der Waals surface area contributed by atoms with Gasteiger partial charge >= 0.3 is 11.9 Å². The number of amides is 2. The summed E-state index contributed by atoms with van der Waals surface area (Å²) in [5.41, 5.74) is 12.1. The number of carbonyl (C=O) groups excluding carboxylic acids is 2. The second-order valence-electron chi connectivity index (χ2n) is 12.0. The summed E-state index contributed by atoms with van der Waals surface area (Å²) in [4.78, 5) is 61.2. The molecule has 5 heterocycles. The quantitative estimate of drug-likeness (QED) is 0.0401. The van der Waals surface area contributed by atoms with Crippen LogP contribution in [0.3, 0.4) is 0 Å². The van der Waals surface area contributed by atoms with Crippen LogP contribution in [-0.4, -0.2) is 82.7 Å². The van der Waals surface area contributed by atoms with Crippen molar-refractivity contribution in [3.8, 4) is 0 Å². The maximum Gasteiger partial charge on any atom is 0.352 e. The van der Waals surface area contributed by atoms with E-state index in [1.807, 2.05) is 47.4 Å². The van der Waals surface area contributed by atoms with Crippen molar-refractivity contribution < 1.29 is 38.8 Å². The molecule has 0 aliphatic carbocycles. The summed E-state index contributed by atoms with van der Waals surface area (Å²) in [5.74, 6) is -3.82. The maximum absolute atomic E-state index is 13.4. The molecule has 6 rings (SSSR count). The van der Waals surface area contributed by atoms with Crippen molar-refractivity contribution in [2.45, 2.75) is 44.0 Å². The molecule has 1 fully saturated rings. The SMILES string of the molecule is CC(C)(O/N=C(\C(=O)N[C@@H]1C(=O)N2C(C(=O)O)=C(C[n+]3ccc4ccn(Cc5ccc(C(=N)N)cc5)c4c3)CS[C@H]12)c1csc(N)n1)C(=O)O. The van der Waals surface area contributed by atoms with E-state index in [9.17, 15) is 29.4 Å². The number of carboxylic acid groups (broad SMARTS) is 2. The van der Waals surface area contributed by atoms with Gasteiger partial charge < -0.3 is 36.4 Å². The van der Waals surface area contributed by atoms with E-state index in [2.05, 4.69) is 20.0 Å². The van der Waals surface area contributed by atoms with Crippen LogP contribution in [0.5, 0.6) is 0 Å². The Labute approximate surface area is 292 Å². The van der Waals surface area contributed by atoms with Gasteiger partial charge in [-0.25, -0.2) is 14.6 Å². The third kappa shape index (κ3) is 6.61. The number of hydrogen-bond donors (Lipinski definition) is 6. The lowest BCUT2D eigenvalue weighted by atomic mass is 10.0. The Kier molecular flexibility index (Phi) is 9.06. The Hall–Kier alpha value is -5.75. The molecule has 1 saturated heterocycles. The van der Waals surface area contributed by atoms with Gasteiger partial charge in [0.25, 0.3) is 11.8 Å². The molecule has 0 bridgehead atoms. The molecule has 0 radical (unpaired) electrons. The van der Waals surface area contributed by atoms with Crippen LogP contribution in [0.2, 0.25) is 0 Å². The number of thioether (sulfide) groups is 1. The molecule has 8 N–H and O–H groups in total. The van der Waals surface area contributed by atoms with E-state index >= 15 is 0 Å². The lowest BCUT2D eigenvalue weighted by molar-refractivity contribution is -0.687. The fourth-order valence-electron chi connectivity index (χ4n) is 5.42. The molecule has 2 amide bonds. The van der Waals surface area contributed by atoms with Crippen LogP contribution >= 0.6 is 23.1 Å². The van der Waals surface area contributed by atoms with Gasteiger partial charge in [0, 0.05) is 46.5 Å². The van der Waals surface area contributed by atoms with Gasteiger partial charge in [-0.15, -0.1) is 23.1 Å². The van der Waals surface area contributed by atoms with Crippen LogP contribution in [-0.2, 0) is 37.1 Å². The van der Waals surface area contributed by atoms with Crippen molar-refractivity contribution in [1.82, 2.24) is 19.8 Å². The smallest absolute Gasteiger partial charge is 0.352 e. The van der Waals surface area contributed by atoms with E-state index in [-0.39, 0.29) is 34.7 Å². The van der Waals surface area contributed by atoms with Crippen LogP contribution in [0, 0.1) is 5.41 Å². The van der Waals surface area contributed by atoms with Crippen LogP contribution in [0.25, 0.3) is 10.9 Å². The Morgan fingerprint density at radius 3 is 2.58 bits per heavy atom. The Bertz CT molecular complexity index is 2120. The number of oxime groups is 1. The predicted octanol–water partition coefficient (Wildman–Crippen LogP) is 1.32. The van der Waals surface area contributed by atoms with E-state index in [1.54, 1.807) is 12.1 Å². The molecular weight excluding hydrogens is 687 g/mol. The van der Waals surface area contributed by atoms with Gasteiger partial charge in [-0.2, -0.15) is 4.57 Å². The van der Waals surface area contributed by atoms with Crippen molar-refractivity contribution >= 4 is 74.4 Å². The number of amidine groups is 1. The largest absolute Gasteiger partial charge is 0.478 e. The highest BCUT2D eigenvalue weighted by Gasteiger charge is 2.55. The molecule has 0 saturated carbocycles. The van der Waals surface area contributed by atoms with Crippen LogP contribution in [0.1, 0.15) is 30.7 Å². The molecule has 2 atom stereocenters. The standard InChI is InChI=1S/C32H31N9O7S2/c1-32(2,30(46)47)48-38-22(20-15-50-31(35)36-20)26(42)37-23-27(43)41-24(29(44)45)19(14-49-28(23)41)12-39-9-7-17-8-10-40(21(17)13-39)11-16-3-5-18(6-4-16)25(33)34/h3-10,13,15,23,28H,11-12,14H2,1-2H3,(H7-,33,34,35,36,37,42,44,45,46,47)/p+1/b38-22-/t23-,28-/m1/s1.